The zero-order valence-corrected chi connectivity index (χ0v) is 65.9. The van der Waals surface area contributed by atoms with Crippen molar-refractivity contribution in [3.63, 3.8) is 0 Å². The highest BCUT2D eigenvalue weighted by Gasteiger charge is 2.46. The average Bonchev–Trinajstić information content (AvgIpc) is 0.797. The molecule has 580 valence electrons. The first-order valence-electron chi connectivity index (χ1n) is 36.3. The van der Waals surface area contributed by atoms with Crippen molar-refractivity contribution in [2.75, 3.05) is 55.9 Å². The molecule has 4 rings (SSSR count). The van der Waals surface area contributed by atoms with Crippen LogP contribution in [0.15, 0.2) is 69.9 Å². The van der Waals surface area contributed by atoms with Crippen LogP contribution < -0.4 is 26.7 Å². The summed E-state index contributed by atoms with van der Waals surface area (Å²) in [5, 5.41) is 42.2. The van der Waals surface area contributed by atoms with Gasteiger partial charge < -0.3 is 75.3 Å². The molecular formula is C77H121N11O16. The van der Waals surface area contributed by atoms with Gasteiger partial charge in [0.05, 0.1) is 12.6 Å². The Bertz CT molecular complexity index is 3540. The fraction of sp³-hybridized carbons (Fsp3) is 0.636. The Morgan fingerprint density at radius 1 is 0.510 bits per heavy atom. The number of aromatic hydroxyl groups is 2. The van der Waals surface area contributed by atoms with E-state index in [0.29, 0.717) is 12.2 Å². The van der Waals surface area contributed by atoms with Crippen molar-refractivity contribution < 1.29 is 72.5 Å². The Labute approximate surface area is 615 Å². The molecule has 0 radical (unpaired) electrons. The molecule has 104 heavy (non-hydrogen) atoms. The molecule has 12 atom stereocenters. The van der Waals surface area contributed by atoms with E-state index in [-0.39, 0.29) is 83.7 Å². The number of phenolic OH excluding ortho intramolecular Hbond substituents is 2. The molecule has 0 saturated carbocycles. The number of fused-ring (bicyclic) bond motifs is 1. The molecule has 0 spiro atoms. The summed E-state index contributed by atoms with van der Waals surface area (Å²) >= 11 is 0. The van der Waals surface area contributed by atoms with Gasteiger partial charge in [0.15, 0.2) is 5.43 Å². The number of nitrogens with one attached hydrogen (secondary N) is 4. The topological polar surface area (TPSA) is 349 Å². The van der Waals surface area contributed by atoms with E-state index in [0.717, 1.165) is 21.4 Å². The minimum absolute atomic E-state index is 0.0229. The molecule has 1 aliphatic heterocycles. The van der Waals surface area contributed by atoms with Crippen molar-refractivity contribution in [2.45, 2.75) is 223 Å². The van der Waals surface area contributed by atoms with Crippen LogP contribution >= 0.6 is 0 Å². The van der Waals surface area contributed by atoms with E-state index in [1.54, 1.807) is 54.5 Å². The van der Waals surface area contributed by atoms with Gasteiger partial charge >= 0.3 is 0 Å². The zero-order chi connectivity index (χ0) is 79.4. The number of amides is 11. The van der Waals surface area contributed by atoms with Crippen molar-refractivity contribution in [1.82, 2.24) is 55.6 Å². The van der Waals surface area contributed by atoms with Crippen LogP contribution in [0.25, 0.3) is 22.3 Å². The molecule has 7 N–H and O–H groups in total. The Balaban J connectivity index is 0.00000125. The number of carbonyl (C=O) groups excluding carboxylic acids is 11. The smallest absolute Gasteiger partial charge is 0.246 e. The van der Waals surface area contributed by atoms with E-state index in [9.17, 15) is 63.3 Å². The molecule has 27 nitrogen and oxygen atoms in total. The first-order valence-corrected chi connectivity index (χ1v) is 36.3. The number of likely N-dealkylation sites (N-methyl/N-ethyl adjacent to an activating group) is 7. The monoisotopic (exact) mass is 1460 g/mol. The van der Waals surface area contributed by atoms with E-state index >= 15 is 9.59 Å². The van der Waals surface area contributed by atoms with E-state index in [1.807, 2.05) is 91.8 Å². The van der Waals surface area contributed by atoms with Crippen LogP contribution in [0.1, 0.15) is 156 Å². The third-order valence-corrected chi connectivity index (χ3v) is 18.9. The largest absolute Gasteiger partial charge is 0.508 e. The number of phenols is 2. The Hall–Kier alpha value is -8.88. The predicted octanol–water partition coefficient (Wildman–Crippen LogP) is 6.14. The second-order valence-corrected chi connectivity index (χ2v) is 30.3. The molecular weight excluding hydrogens is 1330 g/mol. The molecule has 12 unspecified atom stereocenters. The minimum atomic E-state index is -1.61. The number of hydrogen-bond donors (Lipinski definition) is 7. The molecule has 27 heteroatoms. The Morgan fingerprint density at radius 2 is 0.981 bits per heavy atom. The molecule has 3 aromatic rings. The van der Waals surface area contributed by atoms with Gasteiger partial charge in [-0.2, -0.15) is 0 Å². The molecule has 0 bridgehead atoms. The van der Waals surface area contributed by atoms with Crippen molar-refractivity contribution in [3.05, 3.63) is 70.9 Å². The van der Waals surface area contributed by atoms with Crippen LogP contribution in [0.4, 0.5) is 0 Å². The summed E-state index contributed by atoms with van der Waals surface area (Å²) < 4.78 is 5.57. The molecule has 2 aromatic carbocycles. The Kier molecular flexibility index (Phi) is 34.7. The van der Waals surface area contributed by atoms with Gasteiger partial charge in [0.1, 0.15) is 88.6 Å². The van der Waals surface area contributed by atoms with Gasteiger partial charge in [0.25, 0.3) is 0 Å². The SMILES string of the molecule is CC=CCC(C)C(O)C1C(=O)NC(CC)C(=O)N(C)CC(=O)N(C)C(CC(C)C)C(=O)NC(C(C)C)C(=O)N(C)C(CC(C)C)C(=O)NC(C)C(=O)NC(C)C(=O)N(C)C(CC(C)C)C(=O)N(C)C(CC(C)C)C(=O)N(C)C(C(C)C)C(=O)N1C.O=c1cc(-c2ccccc2)oc2cc(O)cc(O)c12. The van der Waals surface area contributed by atoms with Crippen LogP contribution in [0.5, 0.6) is 11.5 Å². The minimum Gasteiger partial charge on any atom is -0.508 e. The van der Waals surface area contributed by atoms with E-state index in [1.165, 1.54) is 99.8 Å². The number of benzene rings is 2. The summed E-state index contributed by atoms with van der Waals surface area (Å²) in [6.45, 7) is 29.3. The van der Waals surface area contributed by atoms with Gasteiger partial charge in [-0.15, -0.1) is 0 Å². The van der Waals surface area contributed by atoms with Gasteiger partial charge in [-0.05, 0) is 101 Å². The first kappa shape index (κ1) is 89.3. The zero-order valence-electron chi connectivity index (χ0n) is 65.9. The number of rotatable bonds is 16. The number of hydrogen-bond acceptors (Lipinski definition) is 16. The molecule has 1 aliphatic rings. The predicted molar refractivity (Wildman–Crippen MR) is 400 cm³/mol. The van der Waals surface area contributed by atoms with Crippen LogP contribution in [0.3, 0.4) is 0 Å². The summed E-state index contributed by atoms with van der Waals surface area (Å²) in [4.78, 5) is 181. The lowest BCUT2D eigenvalue weighted by Gasteiger charge is -2.41. The second-order valence-electron chi connectivity index (χ2n) is 30.3. The third kappa shape index (κ3) is 24.1. The maximum atomic E-state index is 15.1. The highest BCUT2D eigenvalue weighted by atomic mass is 16.3. The standard InChI is InChI=1S/C62H111N11O12.C15H10O4/c1-25-27-28-40(15)52(75)51-56(79)65-43(26-2)58(81)67(18)33-48(74)68(19)44(29-34(3)4)55(78)66-49(38(11)12)61(84)69(20)45(30-35(5)6)54(77)63-41(16)53(76)64-42(17)57(80)70(21)46(31-36(7)8)59(82)71(22)47(32-37(9)10)60(83)72(23)50(39(13)14)62(85)73(51)24;16-10-6-11(17)15-12(18)8-13(19-14(15)7-10)9-4-2-1-3-5-9/h25,27,34-47,49-52,75H,26,28-33H2,1-24H3,(H,63,77)(H,64,76)(H,65,79)(H,66,78);1-8,16-17H. The van der Waals surface area contributed by atoms with E-state index < -0.39 is 156 Å². The van der Waals surface area contributed by atoms with Gasteiger partial charge in [-0.1, -0.05) is 139 Å². The summed E-state index contributed by atoms with van der Waals surface area (Å²) in [7, 11) is 9.92. The highest BCUT2D eigenvalue weighted by molar-refractivity contribution is 6.00. The second kappa shape index (κ2) is 40.4. The van der Waals surface area contributed by atoms with Gasteiger partial charge in [-0.3, -0.25) is 57.5 Å². The average molecular weight is 1460 g/mol. The number of aliphatic hydroxyl groups is 1. The van der Waals surface area contributed by atoms with E-state index in [2.05, 4.69) is 21.3 Å². The molecule has 11 amide bonds. The van der Waals surface area contributed by atoms with Crippen LogP contribution in [-0.2, 0) is 52.7 Å². The van der Waals surface area contributed by atoms with Crippen LogP contribution in [-0.4, -0.2) is 237 Å². The number of allylic oxidation sites excluding steroid dienone is 2. The molecule has 2 heterocycles. The first-order chi connectivity index (χ1) is 48.4. The Morgan fingerprint density at radius 3 is 1.48 bits per heavy atom. The number of carbonyl (C=O) groups is 11. The molecule has 1 fully saturated rings. The van der Waals surface area contributed by atoms with Crippen LogP contribution in [0.2, 0.25) is 0 Å². The van der Waals surface area contributed by atoms with Crippen molar-refractivity contribution in [1.29, 1.82) is 0 Å². The highest BCUT2D eigenvalue weighted by Crippen LogP contribution is 2.31. The lowest BCUT2D eigenvalue weighted by atomic mass is 9.91. The lowest BCUT2D eigenvalue weighted by Crippen LogP contribution is -2.63. The van der Waals surface area contributed by atoms with Gasteiger partial charge in [0, 0.05) is 73.1 Å². The van der Waals surface area contributed by atoms with E-state index in [4.69, 9.17) is 4.42 Å². The summed E-state index contributed by atoms with van der Waals surface area (Å²) in [5.74, 6) is -9.76. The van der Waals surface area contributed by atoms with Gasteiger partial charge in [0.2, 0.25) is 65.0 Å². The van der Waals surface area contributed by atoms with Crippen LogP contribution in [0, 0.1) is 41.4 Å². The summed E-state index contributed by atoms with van der Waals surface area (Å²) in [6.07, 6.45) is 3.04. The van der Waals surface area contributed by atoms with Gasteiger partial charge in [-0.25, -0.2) is 0 Å². The maximum absolute atomic E-state index is 15.1. The normalized spacial score (nSPS) is 24.0. The number of nitrogens with zero attached hydrogens (tertiary/aromatic N) is 7. The summed E-state index contributed by atoms with van der Waals surface area (Å²) in [5.41, 5.74) is 0.561. The molecule has 1 saturated heterocycles. The molecule has 0 aliphatic carbocycles. The maximum Gasteiger partial charge on any atom is 0.246 e. The van der Waals surface area contributed by atoms with Crippen molar-refractivity contribution in [3.8, 4) is 22.8 Å². The van der Waals surface area contributed by atoms with Crippen molar-refractivity contribution in [2.24, 2.45) is 41.4 Å². The fourth-order valence-corrected chi connectivity index (χ4v) is 12.7. The molecule has 1 aromatic heterocycles. The summed E-state index contributed by atoms with van der Waals surface area (Å²) in [6, 6.07) is 0.573. The van der Waals surface area contributed by atoms with Crippen molar-refractivity contribution >= 4 is 75.9 Å². The lowest BCUT2D eigenvalue weighted by molar-refractivity contribution is -0.157. The number of aliphatic hydroxyl groups excluding tert-OH is 1. The third-order valence-electron chi connectivity index (χ3n) is 18.9. The quantitative estimate of drug-likeness (QED) is 0.0792. The fourth-order valence-electron chi connectivity index (χ4n) is 12.7.